The second-order valence-corrected chi connectivity index (χ2v) is 8.83. The van der Waals surface area contributed by atoms with Crippen LogP contribution in [0.5, 0.6) is 11.5 Å². The minimum atomic E-state index is -3.76. The minimum absolute atomic E-state index is 0.107. The SMILES string of the molecule is CCC1(CC)CC(NS(=O)(=O)c2ccc(OC)c(Cl)c2)c2ccccc2O1. The molecule has 0 spiro atoms. The molecule has 2 aromatic carbocycles. The lowest BCUT2D eigenvalue weighted by Gasteiger charge is -2.41. The lowest BCUT2D eigenvalue weighted by atomic mass is 9.84. The van der Waals surface area contributed by atoms with E-state index in [4.69, 9.17) is 21.1 Å². The van der Waals surface area contributed by atoms with E-state index in [0.717, 1.165) is 24.2 Å². The first-order valence-electron chi connectivity index (χ1n) is 8.98. The van der Waals surface area contributed by atoms with E-state index in [-0.39, 0.29) is 21.6 Å². The lowest BCUT2D eigenvalue weighted by molar-refractivity contribution is 0.0260. The van der Waals surface area contributed by atoms with Gasteiger partial charge in [0.15, 0.2) is 0 Å². The van der Waals surface area contributed by atoms with Crippen LogP contribution in [0.15, 0.2) is 47.4 Å². The van der Waals surface area contributed by atoms with Crippen molar-refractivity contribution in [3.63, 3.8) is 0 Å². The summed E-state index contributed by atoms with van der Waals surface area (Å²) in [6.07, 6.45) is 2.16. The molecular formula is C20H24ClNO4S. The van der Waals surface area contributed by atoms with Gasteiger partial charge in [-0.05, 0) is 37.1 Å². The highest BCUT2D eigenvalue weighted by molar-refractivity contribution is 7.89. The largest absolute Gasteiger partial charge is 0.495 e. The molecule has 5 nitrogen and oxygen atoms in total. The zero-order chi connectivity index (χ0) is 19.7. The van der Waals surface area contributed by atoms with Gasteiger partial charge in [-0.3, -0.25) is 0 Å². The number of hydrogen-bond donors (Lipinski definition) is 1. The van der Waals surface area contributed by atoms with Gasteiger partial charge in [0.1, 0.15) is 17.1 Å². The fourth-order valence-electron chi connectivity index (χ4n) is 3.48. The molecule has 7 heteroatoms. The molecule has 1 N–H and O–H groups in total. The summed E-state index contributed by atoms with van der Waals surface area (Å²) in [7, 11) is -2.27. The van der Waals surface area contributed by atoms with Crippen LogP contribution in [0, 0.1) is 0 Å². The number of nitrogens with one attached hydrogen (secondary N) is 1. The molecule has 1 aliphatic rings. The Kier molecular flexibility index (Phi) is 5.70. The highest BCUT2D eigenvalue weighted by Crippen LogP contribution is 2.43. The van der Waals surface area contributed by atoms with Gasteiger partial charge in [-0.2, -0.15) is 0 Å². The Labute approximate surface area is 165 Å². The van der Waals surface area contributed by atoms with Gasteiger partial charge in [0.05, 0.1) is 23.1 Å². The predicted octanol–water partition coefficient (Wildman–Crippen LogP) is 4.71. The van der Waals surface area contributed by atoms with Gasteiger partial charge in [-0.1, -0.05) is 43.6 Å². The Hall–Kier alpha value is -1.76. The average Bonchev–Trinajstić information content (AvgIpc) is 2.67. The first-order chi connectivity index (χ1) is 12.8. The summed E-state index contributed by atoms with van der Waals surface area (Å²) in [5.41, 5.74) is 0.456. The highest BCUT2D eigenvalue weighted by Gasteiger charge is 2.40. The van der Waals surface area contributed by atoms with Crippen molar-refractivity contribution in [2.75, 3.05) is 7.11 Å². The molecule has 1 atom stereocenters. The maximum Gasteiger partial charge on any atom is 0.241 e. The normalized spacial score (nSPS) is 18.4. The lowest BCUT2D eigenvalue weighted by Crippen LogP contribution is -2.44. The summed E-state index contributed by atoms with van der Waals surface area (Å²) in [5, 5.41) is 0.254. The van der Waals surface area contributed by atoms with Crippen molar-refractivity contribution < 1.29 is 17.9 Å². The summed E-state index contributed by atoms with van der Waals surface area (Å²) in [5.74, 6) is 1.16. The van der Waals surface area contributed by atoms with Crippen molar-refractivity contribution >= 4 is 21.6 Å². The van der Waals surface area contributed by atoms with Crippen molar-refractivity contribution in [3.05, 3.63) is 53.1 Å². The van der Waals surface area contributed by atoms with E-state index in [9.17, 15) is 8.42 Å². The quantitative estimate of drug-likeness (QED) is 0.750. The van der Waals surface area contributed by atoms with Crippen LogP contribution >= 0.6 is 11.6 Å². The van der Waals surface area contributed by atoms with E-state index < -0.39 is 10.0 Å². The molecular weight excluding hydrogens is 386 g/mol. The third-order valence-corrected chi connectivity index (χ3v) is 6.98. The highest BCUT2D eigenvalue weighted by atomic mass is 35.5. The van der Waals surface area contributed by atoms with Crippen molar-refractivity contribution in [1.29, 1.82) is 0 Å². The van der Waals surface area contributed by atoms with E-state index >= 15 is 0 Å². The average molecular weight is 410 g/mol. The number of sulfonamides is 1. The molecule has 0 saturated carbocycles. The predicted molar refractivity (Wildman–Crippen MR) is 106 cm³/mol. The van der Waals surface area contributed by atoms with Gasteiger partial charge >= 0.3 is 0 Å². The first-order valence-corrected chi connectivity index (χ1v) is 10.8. The van der Waals surface area contributed by atoms with E-state index in [0.29, 0.717) is 12.2 Å². The van der Waals surface area contributed by atoms with E-state index in [2.05, 4.69) is 18.6 Å². The number of ether oxygens (including phenoxy) is 2. The summed E-state index contributed by atoms with van der Waals surface area (Å²) in [6, 6.07) is 11.6. The van der Waals surface area contributed by atoms with Crippen LogP contribution in [-0.4, -0.2) is 21.1 Å². The maximum atomic E-state index is 13.0. The number of benzene rings is 2. The number of para-hydroxylation sites is 1. The van der Waals surface area contributed by atoms with Crippen LogP contribution in [0.25, 0.3) is 0 Å². The molecule has 0 aromatic heterocycles. The molecule has 1 heterocycles. The summed E-state index contributed by atoms with van der Waals surface area (Å²) in [4.78, 5) is 0.107. The summed E-state index contributed by atoms with van der Waals surface area (Å²) >= 11 is 6.11. The molecule has 27 heavy (non-hydrogen) atoms. The molecule has 146 valence electrons. The molecule has 0 saturated heterocycles. The van der Waals surface area contributed by atoms with Gasteiger partial charge in [-0.25, -0.2) is 13.1 Å². The third kappa shape index (κ3) is 3.93. The standard InChI is InChI=1S/C20H24ClNO4S/c1-4-20(5-2)13-17(15-8-6-7-9-18(15)26-20)22-27(23,24)14-10-11-19(25-3)16(21)12-14/h6-12,17,22H,4-5,13H2,1-3H3. The third-order valence-electron chi connectivity index (χ3n) is 5.22. The van der Waals surface area contributed by atoms with Crippen LogP contribution in [0.3, 0.4) is 0 Å². The van der Waals surface area contributed by atoms with Crippen molar-refractivity contribution in [2.24, 2.45) is 0 Å². The monoisotopic (exact) mass is 409 g/mol. The Morgan fingerprint density at radius 1 is 1.22 bits per heavy atom. The van der Waals surface area contributed by atoms with Gasteiger partial charge in [0.2, 0.25) is 10.0 Å². The van der Waals surface area contributed by atoms with Crippen LogP contribution in [0.1, 0.15) is 44.7 Å². The van der Waals surface area contributed by atoms with Crippen LogP contribution in [0.2, 0.25) is 5.02 Å². The van der Waals surface area contributed by atoms with E-state index in [1.807, 2.05) is 24.3 Å². The molecule has 1 aliphatic heterocycles. The number of rotatable bonds is 6. The fourth-order valence-corrected chi connectivity index (χ4v) is 5.04. The van der Waals surface area contributed by atoms with Crippen LogP contribution < -0.4 is 14.2 Å². The molecule has 1 unspecified atom stereocenters. The van der Waals surface area contributed by atoms with Gasteiger partial charge < -0.3 is 9.47 Å². The number of halogens is 1. The topological polar surface area (TPSA) is 64.6 Å². The number of methoxy groups -OCH3 is 1. The maximum absolute atomic E-state index is 13.0. The van der Waals surface area contributed by atoms with Gasteiger partial charge in [0.25, 0.3) is 0 Å². The molecule has 0 amide bonds. The van der Waals surface area contributed by atoms with Gasteiger partial charge in [0, 0.05) is 12.0 Å². The van der Waals surface area contributed by atoms with E-state index in [1.165, 1.54) is 19.2 Å². The zero-order valence-corrected chi connectivity index (χ0v) is 17.2. The Bertz CT molecular complexity index is 925. The Morgan fingerprint density at radius 3 is 2.56 bits per heavy atom. The molecule has 0 radical (unpaired) electrons. The van der Waals surface area contributed by atoms with Crippen LogP contribution in [0.4, 0.5) is 0 Å². The summed E-state index contributed by atoms with van der Waals surface area (Å²) in [6.45, 7) is 4.12. The molecule has 0 fully saturated rings. The number of hydrogen-bond acceptors (Lipinski definition) is 4. The second kappa shape index (κ2) is 7.70. The van der Waals surface area contributed by atoms with E-state index in [1.54, 1.807) is 6.07 Å². The van der Waals surface area contributed by atoms with Crippen molar-refractivity contribution in [2.45, 2.75) is 49.6 Å². The van der Waals surface area contributed by atoms with Crippen molar-refractivity contribution in [3.8, 4) is 11.5 Å². The van der Waals surface area contributed by atoms with Crippen LogP contribution in [-0.2, 0) is 10.0 Å². The molecule has 0 bridgehead atoms. The first kappa shape index (κ1) is 20.0. The second-order valence-electron chi connectivity index (χ2n) is 6.70. The molecule has 2 aromatic rings. The molecule has 3 rings (SSSR count). The van der Waals surface area contributed by atoms with Gasteiger partial charge in [-0.15, -0.1) is 0 Å². The Balaban J connectivity index is 1.96. The summed E-state index contributed by atoms with van der Waals surface area (Å²) < 4.78 is 40.2. The molecule has 0 aliphatic carbocycles. The smallest absolute Gasteiger partial charge is 0.241 e. The van der Waals surface area contributed by atoms with Crippen molar-refractivity contribution in [1.82, 2.24) is 4.72 Å². The minimum Gasteiger partial charge on any atom is -0.495 e. The Morgan fingerprint density at radius 2 is 1.93 bits per heavy atom. The fraction of sp³-hybridized carbons (Fsp3) is 0.400. The number of fused-ring (bicyclic) bond motifs is 1. The zero-order valence-electron chi connectivity index (χ0n) is 15.7.